The van der Waals surface area contributed by atoms with Gasteiger partial charge in [0.15, 0.2) is 0 Å². The summed E-state index contributed by atoms with van der Waals surface area (Å²) in [5.41, 5.74) is 0.886. The summed E-state index contributed by atoms with van der Waals surface area (Å²) in [7, 11) is -1.78. The molecular formula is C14H22N2O4S. The molecule has 0 aliphatic heterocycles. The fourth-order valence-electron chi connectivity index (χ4n) is 1.50. The predicted molar refractivity (Wildman–Crippen MR) is 82.8 cm³/mol. The van der Waals surface area contributed by atoms with Crippen molar-refractivity contribution in [1.82, 2.24) is 5.32 Å². The van der Waals surface area contributed by atoms with Crippen LogP contribution in [0.25, 0.3) is 0 Å². The van der Waals surface area contributed by atoms with Crippen LogP contribution >= 0.6 is 0 Å². The van der Waals surface area contributed by atoms with Gasteiger partial charge in [-0.05, 0) is 38.5 Å². The van der Waals surface area contributed by atoms with Crippen molar-refractivity contribution in [3.05, 3.63) is 29.8 Å². The van der Waals surface area contributed by atoms with Gasteiger partial charge in [-0.1, -0.05) is 12.1 Å². The van der Waals surface area contributed by atoms with E-state index in [2.05, 4.69) is 5.32 Å². The van der Waals surface area contributed by atoms with Gasteiger partial charge in [-0.3, -0.25) is 4.31 Å². The molecule has 1 N–H and O–H groups in total. The topological polar surface area (TPSA) is 75.7 Å². The van der Waals surface area contributed by atoms with Crippen LogP contribution in [-0.2, 0) is 21.3 Å². The van der Waals surface area contributed by atoms with E-state index >= 15 is 0 Å². The van der Waals surface area contributed by atoms with Crippen LogP contribution in [0.2, 0.25) is 0 Å². The summed E-state index contributed by atoms with van der Waals surface area (Å²) in [5.74, 6) is 0. The van der Waals surface area contributed by atoms with E-state index in [4.69, 9.17) is 4.74 Å². The summed E-state index contributed by atoms with van der Waals surface area (Å²) >= 11 is 0. The van der Waals surface area contributed by atoms with E-state index in [-0.39, 0.29) is 0 Å². The molecule has 1 amide bonds. The van der Waals surface area contributed by atoms with Crippen molar-refractivity contribution in [2.45, 2.75) is 32.9 Å². The number of benzene rings is 1. The minimum absolute atomic E-state index is 0.317. The van der Waals surface area contributed by atoms with Gasteiger partial charge in [0.1, 0.15) is 5.60 Å². The Morgan fingerprint density at radius 1 is 1.24 bits per heavy atom. The smallest absolute Gasteiger partial charge is 0.407 e. The normalized spacial score (nSPS) is 11.9. The number of amides is 1. The second-order valence-electron chi connectivity index (χ2n) is 5.75. The number of hydrogen-bond acceptors (Lipinski definition) is 4. The monoisotopic (exact) mass is 314 g/mol. The second kappa shape index (κ2) is 6.34. The summed E-state index contributed by atoms with van der Waals surface area (Å²) in [6.07, 6.45) is 0.658. The number of nitrogens with zero attached hydrogens (tertiary/aromatic N) is 1. The van der Waals surface area contributed by atoms with Gasteiger partial charge in [0.25, 0.3) is 0 Å². The zero-order chi connectivity index (χ0) is 16.3. The first-order chi connectivity index (χ1) is 9.49. The van der Waals surface area contributed by atoms with Gasteiger partial charge in [0.05, 0.1) is 11.9 Å². The lowest BCUT2D eigenvalue weighted by atomic mass is 10.2. The van der Waals surface area contributed by atoms with E-state index in [0.29, 0.717) is 12.2 Å². The van der Waals surface area contributed by atoms with Crippen LogP contribution in [0.5, 0.6) is 0 Å². The highest BCUT2D eigenvalue weighted by molar-refractivity contribution is 7.92. The van der Waals surface area contributed by atoms with Crippen LogP contribution < -0.4 is 9.62 Å². The first-order valence-corrected chi connectivity index (χ1v) is 8.33. The molecule has 1 aromatic rings. The highest BCUT2D eigenvalue weighted by Gasteiger charge is 2.16. The third-order valence-electron chi connectivity index (χ3n) is 2.63. The molecule has 0 aliphatic carbocycles. The minimum atomic E-state index is -3.27. The van der Waals surface area contributed by atoms with E-state index in [1.54, 1.807) is 45.0 Å². The van der Waals surface area contributed by atoms with Crippen LogP contribution in [0.3, 0.4) is 0 Å². The first-order valence-electron chi connectivity index (χ1n) is 6.49. The van der Waals surface area contributed by atoms with Gasteiger partial charge in [-0.25, -0.2) is 13.2 Å². The van der Waals surface area contributed by atoms with Crippen LogP contribution in [-0.4, -0.2) is 33.4 Å². The van der Waals surface area contributed by atoms with Crippen LogP contribution in [0.15, 0.2) is 24.3 Å². The molecule has 0 aliphatic rings. The predicted octanol–water partition coefficient (Wildman–Crippen LogP) is 2.11. The van der Waals surface area contributed by atoms with Gasteiger partial charge in [0.2, 0.25) is 10.0 Å². The van der Waals surface area contributed by atoms with Crippen molar-refractivity contribution >= 4 is 21.8 Å². The van der Waals surface area contributed by atoms with Gasteiger partial charge in [-0.2, -0.15) is 0 Å². The molecule has 0 aromatic heterocycles. The van der Waals surface area contributed by atoms with E-state index in [9.17, 15) is 13.2 Å². The van der Waals surface area contributed by atoms with Gasteiger partial charge in [0, 0.05) is 13.6 Å². The fourth-order valence-corrected chi connectivity index (χ4v) is 2.01. The summed E-state index contributed by atoms with van der Waals surface area (Å²) in [5, 5.41) is 2.64. The van der Waals surface area contributed by atoms with Gasteiger partial charge < -0.3 is 10.1 Å². The van der Waals surface area contributed by atoms with Gasteiger partial charge >= 0.3 is 6.09 Å². The van der Waals surface area contributed by atoms with Crippen LogP contribution in [0.1, 0.15) is 26.3 Å². The summed E-state index contributed by atoms with van der Waals surface area (Å²) in [6, 6.07) is 6.89. The molecule has 0 heterocycles. The number of nitrogens with one attached hydrogen (secondary N) is 1. The zero-order valence-electron chi connectivity index (χ0n) is 13.0. The van der Waals surface area contributed by atoms with Crippen LogP contribution in [0.4, 0.5) is 10.5 Å². The Kier molecular flexibility index (Phi) is 5.22. The minimum Gasteiger partial charge on any atom is -0.444 e. The maximum Gasteiger partial charge on any atom is 0.407 e. The molecular weight excluding hydrogens is 292 g/mol. The summed E-state index contributed by atoms with van der Waals surface area (Å²) < 4.78 is 29.2. The second-order valence-corrected chi connectivity index (χ2v) is 7.77. The number of hydrogen-bond donors (Lipinski definition) is 1. The standard InChI is InChI=1S/C14H22N2O4S/c1-14(2,3)20-13(17)15-10-11-6-8-12(9-7-11)16(4)21(5,18)19/h6-9H,10H2,1-5H3,(H,15,17). The lowest BCUT2D eigenvalue weighted by molar-refractivity contribution is 0.0523. The number of anilines is 1. The van der Waals surface area contributed by atoms with Crippen molar-refractivity contribution < 1.29 is 17.9 Å². The Morgan fingerprint density at radius 2 is 1.76 bits per heavy atom. The molecule has 0 saturated carbocycles. The molecule has 21 heavy (non-hydrogen) atoms. The molecule has 0 spiro atoms. The van der Waals surface area contributed by atoms with Crippen molar-refractivity contribution in [1.29, 1.82) is 0 Å². The lowest BCUT2D eigenvalue weighted by Crippen LogP contribution is -2.32. The molecule has 0 radical (unpaired) electrons. The van der Waals surface area contributed by atoms with Crippen molar-refractivity contribution in [3.63, 3.8) is 0 Å². The number of ether oxygens (including phenoxy) is 1. The van der Waals surface area contributed by atoms with E-state index < -0.39 is 21.7 Å². The number of carbonyl (C=O) groups is 1. The average molecular weight is 314 g/mol. The Balaban J connectivity index is 2.62. The molecule has 1 rings (SSSR count). The molecule has 0 unspecified atom stereocenters. The highest BCUT2D eigenvalue weighted by atomic mass is 32.2. The Bertz CT molecular complexity index is 588. The number of sulfonamides is 1. The number of alkyl carbamates (subject to hydrolysis) is 1. The summed E-state index contributed by atoms with van der Waals surface area (Å²) in [4.78, 5) is 11.5. The first kappa shape index (κ1) is 17.3. The molecule has 0 fully saturated rings. The highest BCUT2D eigenvalue weighted by Crippen LogP contribution is 2.16. The third-order valence-corrected chi connectivity index (χ3v) is 3.84. The van der Waals surface area contributed by atoms with E-state index in [1.807, 2.05) is 0 Å². The van der Waals surface area contributed by atoms with Crippen molar-refractivity contribution in [3.8, 4) is 0 Å². The number of rotatable bonds is 4. The molecule has 118 valence electrons. The Labute approximate surface area is 126 Å². The Hall–Kier alpha value is -1.76. The van der Waals surface area contributed by atoms with E-state index in [0.717, 1.165) is 11.8 Å². The maximum absolute atomic E-state index is 11.5. The molecule has 1 aromatic carbocycles. The molecule has 7 heteroatoms. The van der Waals surface area contributed by atoms with Crippen molar-refractivity contribution in [2.24, 2.45) is 0 Å². The zero-order valence-corrected chi connectivity index (χ0v) is 13.8. The average Bonchev–Trinajstić information content (AvgIpc) is 2.33. The summed E-state index contributed by atoms with van der Waals surface area (Å²) in [6.45, 7) is 5.70. The molecule has 0 saturated heterocycles. The SMILES string of the molecule is CN(c1ccc(CNC(=O)OC(C)(C)C)cc1)S(C)(=O)=O. The third kappa shape index (κ3) is 6.03. The lowest BCUT2D eigenvalue weighted by Gasteiger charge is -2.20. The fraction of sp³-hybridized carbons (Fsp3) is 0.500. The van der Waals surface area contributed by atoms with Crippen molar-refractivity contribution in [2.75, 3.05) is 17.6 Å². The number of carbonyl (C=O) groups excluding carboxylic acids is 1. The van der Waals surface area contributed by atoms with E-state index in [1.165, 1.54) is 11.4 Å². The quantitative estimate of drug-likeness (QED) is 0.923. The largest absolute Gasteiger partial charge is 0.444 e. The van der Waals surface area contributed by atoms with Crippen LogP contribution in [0, 0.1) is 0 Å². The maximum atomic E-state index is 11.5. The molecule has 0 bridgehead atoms. The molecule has 0 atom stereocenters. The Morgan fingerprint density at radius 3 is 2.19 bits per heavy atom. The van der Waals surface area contributed by atoms with Gasteiger partial charge in [-0.15, -0.1) is 0 Å². The molecule has 6 nitrogen and oxygen atoms in total.